The van der Waals surface area contributed by atoms with Gasteiger partial charge in [0, 0.05) is 6.54 Å². The highest BCUT2D eigenvalue weighted by molar-refractivity contribution is 5.84. The highest BCUT2D eigenvalue weighted by atomic mass is 16.5. The van der Waals surface area contributed by atoms with Crippen LogP contribution in [0.1, 0.15) is 26.7 Å². The van der Waals surface area contributed by atoms with Gasteiger partial charge in [0.25, 0.3) is 0 Å². The number of pyridine rings is 1. The van der Waals surface area contributed by atoms with Crippen molar-refractivity contribution >= 4 is 17.4 Å². The standard InChI is InChI=1S/C14H22N4O2/c1-9(2)8-20-14-10(15)5-6-12(17-14)18-7-3-4-11(18)13(16)19/h5-6,9,11H,3-4,7-8,15H2,1-2H3,(H2,16,19). The third kappa shape index (κ3) is 3.12. The van der Waals surface area contributed by atoms with Gasteiger partial charge in [-0.05, 0) is 30.9 Å². The Morgan fingerprint density at radius 1 is 1.55 bits per heavy atom. The molecular weight excluding hydrogens is 256 g/mol. The summed E-state index contributed by atoms with van der Waals surface area (Å²) < 4.78 is 5.62. The van der Waals surface area contributed by atoms with Gasteiger partial charge in [-0.2, -0.15) is 4.98 Å². The lowest BCUT2D eigenvalue weighted by molar-refractivity contribution is -0.119. The zero-order valence-electron chi connectivity index (χ0n) is 12.0. The maximum Gasteiger partial charge on any atom is 0.240 e. The van der Waals surface area contributed by atoms with Gasteiger partial charge in [0.1, 0.15) is 11.9 Å². The van der Waals surface area contributed by atoms with Crippen molar-refractivity contribution in [1.82, 2.24) is 4.98 Å². The topological polar surface area (TPSA) is 94.5 Å². The van der Waals surface area contributed by atoms with Crippen LogP contribution in [0, 0.1) is 5.92 Å². The summed E-state index contributed by atoms with van der Waals surface area (Å²) in [5.41, 5.74) is 11.8. The zero-order valence-corrected chi connectivity index (χ0v) is 12.0. The molecule has 1 aliphatic heterocycles. The number of anilines is 2. The second-order valence-corrected chi connectivity index (χ2v) is 5.52. The van der Waals surface area contributed by atoms with Crippen LogP contribution in [0.4, 0.5) is 11.5 Å². The van der Waals surface area contributed by atoms with Crippen LogP contribution >= 0.6 is 0 Å². The number of aromatic nitrogens is 1. The normalized spacial score (nSPS) is 18.6. The Morgan fingerprint density at radius 3 is 2.95 bits per heavy atom. The van der Waals surface area contributed by atoms with Crippen LogP contribution < -0.4 is 21.1 Å². The fourth-order valence-electron chi connectivity index (χ4n) is 2.30. The molecule has 20 heavy (non-hydrogen) atoms. The third-order valence-electron chi connectivity index (χ3n) is 3.30. The maximum absolute atomic E-state index is 11.4. The molecule has 1 aromatic heterocycles. The number of carbonyl (C=O) groups is 1. The van der Waals surface area contributed by atoms with E-state index in [0.29, 0.717) is 29.9 Å². The minimum Gasteiger partial charge on any atom is -0.476 e. The number of nitrogens with zero attached hydrogens (tertiary/aromatic N) is 2. The highest BCUT2D eigenvalue weighted by Crippen LogP contribution is 2.28. The molecule has 1 saturated heterocycles. The van der Waals surface area contributed by atoms with E-state index in [9.17, 15) is 4.79 Å². The van der Waals surface area contributed by atoms with E-state index in [2.05, 4.69) is 18.8 Å². The molecule has 110 valence electrons. The van der Waals surface area contributed by atoms with Crippen molar-refractivity contribution in [3.63, 3.8) is 0 Å². The van der Waals surface area contributed by atoms with E-state index in [0.717, 1.165) is 19.4 Å². The quantitative estimate of drug-likeness (QED) is 0.842. The van der Waals surface area contributed by atoms with Crippen molar-refractivity contribution in [2.45, 2.75) is 32.7 Å². The van der Waals surface area contributed by atoms with Crippen molar-refractivity contribution < 1.29 is 9.53 Å². The summed E-state index contributed by atoms with van der Waals surface area (Å²) in [5, 5.41) is 0. The van der Waals surface area contributed by atoms with E-state index < -0.39 is 0 Å². The SMILES string of the molecule is CC(C)COc1nc(N2CCCC2C(N)=O)ccc1N. The predicted octanol–water partition coefficient (Wildman–Crippen LogP) is 1.15. The minimum absolute atomic E-state index is 0.288. The lowest BCUT2D eigenvalue weighted by atomic mass is 10.2. The van der Waals surface area contributed by atoms with Crippen LogP contribution in [0.5, 0.6) is 5.88 Å². The lowest BCUT2D eigenvalue weighted by Crippen LogP contribution is -2.40. The van der Waals surface area contributed by atoms with E-state index in [4.69, 9.17) is 16.2 Å². The van der Waals surface area contributed by atoms with Gasteiger partial charge in [0.2, 0.25) is 11.8 Å². The predicted molar refractivity (Wildman–Crippen MR) is 78.5 cm³/mol. The molecule has 0 spiro atoms. The number of nitrogen functional groups attached to an aromatic ring is 1. The smallest absolute Gasteiger partial charge is 0.240 e. The molecular formula is C14H22N4O2. The van der Waals surface area contributed by atoms with Gasteiger partial charge in [-0.1, -0.05) is 13.8 Å². The highest BCUT2D eigenvalue weighted by Gasteiger charge is 2.30. The molecule has 6 nitrogen and oxygen atoms in total. The van der Waals surface area contributed by atoms with E-state index in [1.165, 1.54) is 0 Å². The molecule has 0 aromatic carbocycles. The van der Waals surface area contributed by atoms with Crippen LogP contribution in [-0.2, 0) is 4.79 Å². The first-order chi connectivity index (χ1) is 9.49. The first-order valence-electron chi connectivity index (χ1n) is 6.94. The van der Waals surface area contributed by atoms with Crippen LogP contribution in [0.15, 0.2) is 12.1 Å². The molecule has 0 saturated carbocycles. The lowest BCUT2D eigenvalue weighted by Gasteiger charge is -2.24. The minimum atomic E-state index is -0.314. The molecule has 2 rings (SSSR count). The zero-order chi connectivity index (χ0) is 14.7. The molecule has 1 fully saturated rings. The monoisotopic (exact) mass is 278 g/mol. The molecule has 0 aliphatic carbocycles. The van der Waals surface area contributed by atoms with Crippen molar-refractivity contribution in [3.05, 3.63) is 12.1 Å². The second-order valence-electron chi connectivity index (χ2n) is 5.52. The van der Waals surface area contributed by atoms with E-state index in [1.807, 2.05) is 4.90 Å². The van der Waals surface area contributed by atoms with Crippen molar-refractivity contribution in [2.24, 2.45) is 11.7 Å². The van der Waals surface area contributed by atoms with E-state index in [-0.39, 0.29) is 11.9 Å². The number of amides is 1. The fraction of sp³-hybridized carbons (Fsp3) is 0.571. The number of nitrogens with two attached hydrogens (primary N) is 2. The van der Waals surface area contributed by atoms with Gasteiger partial charge < -0.3 is 21.1 Å². The Bertz CT molecular complexity index is 490. The number of hydrogen-bond donors (Lipinski definition) is 2. The molecule has 6 heteroatoms. The first-order valence-corrected chi connectivity index (χ1v) is 6.94. The van der Waals surface area contributed by atoms with Gasteiger partial charge in [-0.15, -0.1) is 0 Å². The van der Waals surface area contributed by atoms with Gasteiger partial charge in [-0.25, -0.2) is 0 Å². The van der Waals surface area contributed by atoms with E-state index >= 15 is 0 Å². The summed E-state index contributed by atoms with van der Waals surface area (Å²) in [6, 6.07) is 3.27. The first kappa shape index (κ1) is 14.4. The maximum atomic E-state index is 11.4. The average Bonchev–Trinajstić information content (AvgIpc) is 2.87. The molecule has 0 bridgehead atoms. The van der Waals surface area contributed by atoms with Crippen molar-refractivity contribution in [2.75, 3.05) is 23.8 Å². The van der Waals surface area contributed by atoms with Gasteiger partial charge in [0.15, 0.2) is 0 Å². The fourth-order valence-corrected chi connectivity index (χ4v) is 2.30. The number of hydrogen-bond acceptors (Lipinski definition) is 5. The van der Waals surface area contributed by atoms with E-state index in [1.54, 1.807) is 12.1 Å². The third-order valence-corrected chi connectivity index (χ3v) is 3.30. The molecule has 1 amide bonds. The van der Waals surface area contributed by atoms with Gasteiger partial charge in [0.05, 0.1) is 12.3 Å². The van der Waals surface area contributed by atoms with Crippen molar-refractivity contribution in [1.29, 1.82) is 0 Å². The number of ether oxygens (including phenoxy) is 1. The Hall–Kier alpha value is -1.98. The molecule has 4 N–H and O–H groups in total. The molecule has 0 radical (unpaired) electrons. The second kappa shape index (κ2) is 5.98. The molecule has 2 heterocycles. The Labute approximate surface area is 119 Å². The van der Waals surface area contributed by atoms with Gasteiger partial charge in [-0.3, -0.25) is 4.79 Å². The average molecular weight is 278 g/mol. The molecule has 1 unspecified atom stereocenters. The van der Waals surface area contributed by atoms with Crippen molar-refractivity contribution in [3.8, 4) is 5.88 Å². The van der Waals surface area contributed by atoms with Crippen LogP contribution in [0.2, 0.25) is 0 Å². The van der Waals surface area contributed by atoms with Crippen LogP contribution in [-0.4, -0.2) is 30.1 Å². The number of carbonyl (C=O) groups excluding carboxylic acids is 1. The number of rotatable bonds is 5. The molecule has 1 aromatic rings. The summed E-state index contributed by atoms with van der Waals surface area (Å²) in [5.74, 6) is 1.20. The summed E-state index contributed by atoms with van der Waals surface area (Å²) in [6.45, 7) is 5.45. The van der Waals surface area contributed by atoms with Crippen LogP contribution in [0.3, 0.4) is 0 Å². The van der Waals surface area contributed by atoms with Gasteiger partial charge >= 0.3 is 0 Å². The largest absolute Gasteiger partial charge is 0.476 e. The summed E-state index contributed by atoms with van der Waals surface area (Å²) in [6.07, 6.45) is 1.70. The summed E-state index contributed by atoms with van der Waals surface area (Å²) >= 11 is 0. The number of primary amides is 1. The Balaban J connectivity index is 2.20. The molecule has 1 atom stereocenters. The summed E-state index contributed by atoms with van der Waals surface area (Å²) in [7, 11) is 0. The Morgan fingerprint density at radius 2 is 2.30 bits per heavy atom. The Kier molecular flexibility index (Phi) is 4.32. The molecule has 1 aliphatic rings. The summed E-state index contributed by atoms with van der Waals surface area (Å²) in [4.78, 5) is 17.8. The van der Waals surface area contributed by atoms with Crippen LogP contribution in [0.25, 0.3) is 0 Å².